The maximum Gasteiger partial charge on any atom is 0.257 e. The molecule has 8 heteroatoms. The number of hydrogen-bond acceptors (Lipinski definition) is 4. The molecule has 0 unspecified atom stereocenters. The summed E-state index contributed by atoms with van der Waals surface area (Å²) in [7, 11) is 0. The Balaban J connectivity index is 1.32. The molecule has 1 heterocycles. The van der Waals surface area contributed by atoms with E-state index in [0.29, 0.717) is 11.1 Å². The number of halogens is 3. The second kappa shape index (κ2) is 9.13. The third kappa shape index (κ3) is 4.63. The van der Waals surface area contributed by atoms with Crippen molar-refractivity contribution in [2.75, 3.05) is 5.32 Å². The summed E-state index contributed by atoms with van der Waals surface area (Å²) in [6, 6.07) is 15.3. The summed E-state index contributed by atoms with van der Waals surface area (Å²) < 4.78 is 27.7. The highest BCUT2D eigenvalue weighted by atomic mass is 35.5. The van der Waals surface area contributed by atoms with Gasteiger partial charge in [-0.05, 0) is 78.8 Å². The topological polar surface area (TPSA) is 58.1 Å². The Morgan fingerprint density at radius 3 is 2.50 bits per heavy atom. The molecule has 2 aliphatic carbocycles. The molecule has 2 fully saturated rings. The molecular formula is C28H23ClF2N4O. The van der Waals surface area contributed by atoms with Crippen molar-refractivity contribution in [1.82, 2.24) is 14.9 Å². The van der Waals surface area contributed by atoms with Crippen LogP contribution in [-0.4, -0.2) is 32.9 Å². The van der Waals surface area contributed by atoms with Crippen LogP contribution in [0, 0.1) is 11.6 Å². The van der Waals surface area contributed by atoms with E-state index in [2.05, 4.69) is 21.4 Å². The zero-order chi connectivity index (χ0) is 24.8. The monoisotopic (exact) mass is 504 g/mol. The van der Waals surface area contributed by atoms with Crippen molar-refractivity contribution in [2.45, 2.75) is 44.3 Å². The second-order valence-electron chi connectivity index (χ2n) is 9.47. The fourth-order valence-electron chi connectivity index (χ4n) is 4.40. The molecule has 1 N–H and O–H groups in total. The first-order valence-electron chi connectivity index (χ1n) is 12.0. The zero-order valence-corrected chi connectivity index (χ0v) is 20.1. The van der Waals surface area contributed by atoms with E-state index in [9.17, 15) is 13.6 Å². The second-order valence-corrected chi connectivity index (χ2v) is 9.87. The highest BCUT2D eigenvalue weighted by molar-refractivity contribution is 6.31. The standard InChI is InChI=1S/C28H23ClF2N4O/c29-24-9-1-16(17-2-10-26-23(12-17)27(33-15-32-26)34-20-4-5-20)11-18(24)14-35(21-6-7-21)28(36)22-8-3-19(30)13-25(22)31/h1-3,8-13,15,20-21H,4-7,14H2,(H,32,33,34). The van der Waals surface area contributed by atoms with Gasteiger partial charge in [-0.3, -0.25) is 4.79 Å². The molecule has 6 rings (SSSR count). The summed E-state index contributed by atoms with van der Waals surface area (Å²) in [5.74, 6) is -1.21. The highest BCUT2D eigenvalue weighted by Crippen LogP contribution is 2.35. The summed E-state index contributed by atoms with van der Waals surface area (Å²) in [6.07, 6.45) is 5.54. The van der Waals surface area contributed by atoms with E-state index in [1.807, 2.05) is 30.3 Å². The SMILES string of the molecule is O=C(c1ccc(F)cc1F)N(Cc1cc(-c2ccc3ncnc(NC4CC4)c3c2)ccc1Cl)C1CC1. The summed E-state index contributed by atoms with van der Waals surface area (Å²) in [5.41, 5.74) is 3.40. The number of nitrogens with zero attached hydrogens (tertiary/aromatic N) is 3. The molecule has 5 nitrogen and oxygen atoms in total. The van der Waals surface area contributed by atoms with E-state index in [4.69, 9.17) is 11.6 Å². The van der Waals surface area contributed by atoms with Crippen LogP contribution in [-0.2, 0) is 6.54 Å². The smallest absolute Gasteiger partial charge is 0.257 e. The molecule has 0 radical (unpaired) electrons. The van der Waals surface area contributed by atoms with Crippen LogP contribution >= 0.6 is 11.6 Å². The predicted molar refractivity (Wildman–Crippen MR) is 136 cm³/mol. The molecule has 3 aromatic carbocycles. The molecule has 4 aromatic rings. The Morgan fingerprint density at radius 2 is 1.75 bits per heavy atom. The number of carbonyl (C=O) groups excluding carboxylic acids is 1. The van der Waals surface area contributed by atoms with Gasteiger partial charge in [-0.2, -0.15) is 0 Å². The molecule has 0 bridgehead atoms. The maximum atomic E-state index is 14.4. The lowest BCUT2D eigenvalue weighted by Crippen LogP contribution is -2.33. The largest absolute Gasteiger partial charge is 0.367 e. The normalized spacial score (nSPS) is 15.2. The van der Waals surface area contributed by atoms with Gasteiger partial charge in [-0.15, -0.1) is 0 Å². The van der Waals surface area contributed by atoms with Gasteiger partial charge in [-0.1, -0.05) is 23.7 Å². The van der Waals surface area contributed by atoms with Gasteiger partial charge in [0.25, 0.3) is 5.91 Å². The summed E-state index contributed by atoms with van der Waals surface area (Å²) in [4.78, 5) is 23.7. The van der Waals surface area contributed by atoms with E-state index in [1.54, 1.807) is 11.2 Å². The van der Waals surface area contributed by atoms with Crippen LogP contribution < -0.4 is 5.32 Å². The van der Waals surface area contributed by atoms with Crippen LogP contribution in [0.4, 0.5) is 14.6 Å². The van der Waals surface area contributed by atoms with Crippen LogP contribution in [0.5, 0.6) is 0 Å². The average Bonchev–Trinajstić information content (AvgIpc) is 3.79. The van der Waals surface area contributed by atoms with Crippen molar-refractivity contribution >= 4 is 34.2 Å². The Kier molecular flexibility index (Phi) is 5.80. The first kappa shape index (κ1) is 22.9. The molecule has 0 atom stereocenters. The quantitative estimate of drug-likeness (QED) is 0.308. The predicted octanol–water partition coefficient (Wildman–Crippen LogP) is 6.61. The summed E-state index contributed by atoms with van der Waals surface area (Å²) in [5, 5.41) is 4.94. The Bertz CT molecular complexity index is 1490. The lowest BCUT2D eigenvalue weighted by atomic mass is 10.0. The number of aromatic nitrogens is 2. The van der Waals surface area contributed by atoms with E-state index >= 15 is 0 Å². The molecule has 182 valence electrons. The number of rotatable bonds is 7. The third-order valence-corrected chi connectivity index (χ3v) is 7.05. The fourth-order valence-corrected chi connectivity index (χ4v) is 4.58. The van der Waals surface area contributed by atoms with Crippen LogP contribution in [0.25, 0.3) is 22.0 Å². The minimum Gasteiger partial charge on any atom is -0.367 e. The van der Waals surface area contributed by atoms with Gasteiger partial charge < -0.3 is 10.2 Å². The number of carbonyl (C=O) groups is 1. The van der Waals surface area contributed by atoms with Gasteiger partial charge in [0, 0.05) is 35.1 Å². The van der Waals surface area contributed by atoms with Gasteiger partial charge in [0.05, 0.1) is 11.1 Å². The van der Waals surface area contributed by atoms with Gasteiger partial charge in [0.1, 0.15) is 23.8 Å². The van der Waals surface area contributed by atoms with Gasteiger partial charge in [0.2, 0.25) is 0 Å². The first-order valence-corrected chi connectivity index (χ1v) is 12.4. The Hall–Kier alpha value is -3.58. The maximum absolute atomic E-state index is 14.4. The lowest BCUT2D eigenvalue weighted by Gasteiger charge is -2.24. The number of amides is 1. The van der Waals surface area contributed by atoms with Crippen LogP contribution in [0.15, 0.2) is 60.9 Å². The van der Waals surface area contributed by atoms with E-state index in [0.717, 1.165) is 71.2 Å². The number of fused-ring (bicyclic) bond motifs is 1. The Morgan fingerprint density at radius 1 is 0.972 bits per heavy atom. The van der Waals surface area contributed by atoms with Gasteiger partial charge >= 0.3 is 0 Å². The van der Waals surface area contributed by atoms with Crippen LogP contribution in [0.2, 0.25) is 5.02 Å². The minimum absolute atomic E-state index is 0.00977. The van der Waals surface area contributed by atoms with Crippen LogP contribution in [0.1, 0.15) is 41.6 Å². The summed E-state index contributed by atoms with van der Waals surface area (Å²) >= 11 is 6.55. The molecule has 1 amide bonds. The Labute approximate surface area is 212 Å². The van der Waals surface area contributed by atoms with E-state index < -0.39 is 17.5 Å². The van der Waals surface area contributed by atoms with Crippen molar-refractivity contribution in [3.05, 3.63) is 88.7 Å². The molecule has 2 aliphatic rings. The first-order chi connectivity index (χ1) is 17.5. The highest BCUT2D eigenvalue weighted by Gasteiger charge is 2.34. The summed E-state index contributed by atoms with van der Waals surface area (Å²) in [6.45, 7) is 0.234. The molecule has 0 saturated heterocycles. The van der Waals surface area contributed by atoms with Crippen molar-refractivity contribution in [3.8, 4) is 11.1 Å². The molecule has 0 spiro atoms. The van der Waals surface area contributed by atoms with Crippen molar-refractivity contribution in [3.63, 3.8) is 0 Å². The van der Waals surface area contributed by atoms with Gasteiger partial charge in [-0.25, -0.2) is 18.7 Å². The third-order valence-electron chi connectivity index (χ3n) is 6.68. The lowest BCUT2D eigenvalue weighted by molar-refractivity contribution is 0.0725. The van der Waals surface area contributed by atoms with Crippen molar-refractivity contribution in [1.29, 1.82) is 0 Å². The number of nitrogens with one attached hydrogen (secondary N) is 1. The zero-order valence-electron chi connectivity index (χ0n) is 19.3. The van der Waals surface area contributed by atoms with E-state index in [1.165, 1.54) is 6.07 Å². The number of hydrogen-bond donors (Lipinski definition) is 1. The molecule has 1 aromatic heterocycles. The fraction of sp³-hybridized carbons (Fsp3) is 0.250. The average molecular weight is 505 g/mol. The molecule has 2 saturated carbocycles. The number of anilines is 1. The van der Waals surface area contributed by atoms with Crippen LogP contribution in [0.3, 0.4) is 0 Å². The minimum atomic E-state index is -0.862. The van der Waals surface area contributed by atoms with E-state index in [-0.39, 0.29) is 18.2 Å². The molecule has 36 heavy (non-hydrogen) atoms. The van der Waals surface area contributed by atoms with Gasteiger partial charge in [0.15, 0.2) is 0 Å². The van der Waals surface area contributed by atoms with Crippen molar-refractivity contribution < 1.29 is 13.6 Å². The number of benzene rings is 3. The van der Waals surface area contributed by atoms with Crippen molar-refractivity contribution in [2.24, 2.45) is 0 Å². The molecule has 0 aliphatic heterocycles. The molecular weight excluding hydrogens is 482 g/mol.